The molecule has 36 heavy (non-hydrogen) atoms. The molecule has 0 spiro atoms. The van der Waals surface area contributed by atoms with Gasteiger partial charge in [-0.2, -0.15) is 0 Å². The minimum atomic E-state index is -0.571. The molecule has 9 nitrogen and oxygen atoms in total. The van der Waals surface area contributed by atoms with Crippen molar-refractivity contribution in [2.45, 2.75) is 20.8 Å². The lowest BCUT2D eigenvalue weighted by Gasteiger charge is -2.14. The van der Waals surface area contributed by atoms with Crippen LogP contribution in [0, 0.1) is 13.8 Å². The highest BCUT2D eigenvalue weighted by Gasteiger charge is 2.36. The molecule has 0 radical (unpaired) electrons. The lowest BCUT2D eigenvalue weighted by molar-refractivity contribution is -0.145. The van der Waals surface area contributed by atoms with Crippen molar-refractivity contribution in [3.05, 3.63) is 56.4 Å². The van der Waals surface area contributed by atoms with Crippen LogP contribution >= 0.6 is 27.7 Å². The Balaban J connectivity index is 1.74. The van der Waals surface area contributed by atoms with Crippen molar-refractivity contribution in [3.63, 3.8) is 0 Å². The number of nitrogens with one attached hydrogen (secondary N) is 1. The largest absolute Gasteiger partial charge is 0.493 e. The van der Waals surface area contributed by atoms with Gasteiger partial charge in [-0.15, -0.1) is 0 Å². The van der Waals surface area contributed by atoms with Gasteiger partial charge in [-0.05, 0) is 89.4 Å². The van der Waals surface area contributed by atoms with Crippen molar-refractivity contribution in [3.8, 4) is 11.5 Å². The average Bonchev–Trinajstić information content (AvgIpc) is 3.08. The van der Waals surface area contributed by atoms with E-state index in [0.29, 0.717) is 27.2 Å². The Morgan fingerprint density at radius 3 is 2.64 bits per heavy atom. The molecule has 1 saturated heterocycles. The number of amides is 3. The van der Waals surface area contributed by atoms with Crippen LogP contribution in [0.15, 0.2) is 39.7 Å². The second-order valence-electron chi connectivity index (χ2n) is 7.69. The van der Waals surface area contributed by atoms with Gasteiger partial charge in [0.1, 0.15) is 6.54 Å². The quantitative estimate of drug-likeness (QED) is 0.338. The van der Waals surface area contributed by atoms with Crippen LogP contribution in [0.5, 0.6) is 11.5 Å². The Hall–Kier alpha value is -3.31. The molecule has 2 aromatic carbocycles. The standard InChI is InChI=1S/C25H25BrN2O7S/c1-5-34-22(30)13-35-23-17(26)9-16(10-19(23)33-4)11-20-24(31)28(25(32)36-20)12-21(29)27-18-8-6-7-14(2)15(18)3/h6-11H,5,12-13H2,1-4H3,(H,27,29)/b20-11-. The van der Waals surface area contributed by atoms with E-state index >= 15 is 0 Å². The number of carbonyl (C=O) groups excluding carboxylic acids is 4. The molecular formula is C25H25BrN2O7S. The number of aryl methyl sites for hydroxylation is 1. The maximum atomic E-state index is 12.9. The van der Waals surface area contributed by atoms with E-state index in [1.54, 1.807) is 25.1 Å². The summed E-state index contributed by atoms with van der Waals surface area (Å²) in [5.74, 6) is -0.963. The van der Waals surface area contributed by atoms with Gasteiger partial charge in [-0.3, -0.25) is 19.3 Å². The zero-order valence-electron chi connectivity index (χ0n) is 20.2. The molecule has 1 aliphatic heterocycles. The first kappa shape index (κ1) is 27.3. The van der Waals surface area contributed by atoms with E-state index in [1.807, 2.05) is 26.0 Å². The van der Waals surface area contributed by atoms with E-state index in [2.05, 4.69) is 21.2 Å². The van der Waals surface area contributed by atoms with E-state index in [4.69, 9.17) is 14.2 Å². The number of hydrogen-bond acceptors (Lipinski definition) is 8. The number of esters is 1. The summed E-state index contributed by atoms with van der Waals surface area (Å²) < 4.78 is 16.2. The minimum absolute atomic E-state index is 0.161. The van der Waals surface area contributed by atoms with Crippen molar-refractivity contribution < 1.29 is 33.4 Å². The summed E-state index contributed by atoms with van der Waals surface area (Å²) in [5.41, 5.74) is 3.10. The van der Waals surface area contributed by atoms with Crippen LogP contribution < -0.4 is 14.8 Å². The molecule has 0 aliphatic carbocycles. The Labute approximate surface area is 221 Å². The molecule has 0 saturated carbocycles. The summed E-state index contributed by atoms with van der Waals surface area (Å²) in [7, 11) is 1.44. The number of rotatable bonds is 9. The third-order valence-corrected chi connectivity index (χ3v) is 6.74. The SMILES string of the molecule is CCOC(=O)COc1c(Br)cc(/C=C2\SC(=O)N(CC(=O)Nc3cccc(C)c3C)C2=O)cc1OC. The van der Waals surface area contributed by atoms with Gasteiger partial charge in [0.05, 0.1) is 23.1 Å². The van der Waals surface area contributed by atoms with Gasteiger partial charge < -0.3 is 19.5 Å². The number of thioether (sulfide) groups is 1. The smallest absolute Gasteiger partial charge is 0.344 e. The topological polar surface area (TPSA) is 111 Å². The average molecular weight is 577 g/mol. The van der Waals surface area contributed by atoms with Gasteiger partial charge >= 0.3 is 5.97 Å². The fourth-order valence-electron chi connectivity index (χ4n) is 3.30. The maximum absolute atomic E-state index is 12.9. The molecule has 0 bridgehead atoms. The number of hydrogen-bond donors (Lipinski definition) is 1. The zero-order valence-corrected chi connectivity index (χ0v) is 22.6. The van der Waals surface area contributed by atoms with Gasteiger partial charge in [0.2, 0.25) is 5.91 Å². The normalized spacial score (nSPS) is 14.2. The van der Waals surface area contributed by atoms with Crippen molar-refractivity contribution in [1.29, 1.82) is 0 Å². The summed E-state index contributed by atoms with van der Waals surface area (Å²) >= 11 is 4.13. The number of carbonyl (C=O) groups is 4. The van der Waals surface area contributed by atoms with E-state index in [0.717, 1.165) is 27.8 Å². The molecule has 1 N–H and O–H groups in total. The van der Waals surface area contributed by atoms with Crippen LogP contribution in [0.1, 0.15) is 23.6 Å². The van der Waals surface area contributed by atoms with E-state index in [9.17, 15) is 19.2 Å². The fourth-order valence-corrected chi connectivity index (χ4v) is 4.72. The second-order valence-corrected chi connectivity index (χ2v) is 9.54. The van der Waals surface area contributed by atoms with Crippen LogP contribution in [0.3, 0.4) is 0 Å². The molecule has 11 heteroatoms. The van der Waals surface area contributed by atoms with Gasteiger partial charge in [0, 0.05) is 5.69 Å². The molecule has 3 rings (SSSR count). The molecule has 0 atom stereocenters. The molecule has 1 heterocycles. The van der Waals surface area contributed by atoms with E-state index < -0.39 is 29.6 Å². The number of ether oxygens (including phenoxy) is 3. The first-order valence-electron chi connectivity index (χ1n) is 10.9. The minimum Gasteiger partial charge on any atom is -0.493 e. The molecular weight excluding hydrogens is 552 g/mol. The van der Waals surface area contributed by atoms with Crippen LogP contribution in [-0.2, 0) is 19.1 Å². The van der Waals surface area contributed by atoms with E-state index in [1.165, 1.54) is 13.2 Å². The number of imide groups is 1. The Kier molecular flexibility index (Phi) is 9.16. The molecule has 0 aromatic heterocycles. The van der Waals surface area contributed by atoms with Crippen molar-refractivity contribution in [1.82, 2.24) is 4.90 Å². The first-order valence-corrected chi connectivity index (χ1v) is 12.5. The first-order chi connectivity index (χ1) is 17.1. The van der Waals surface area contributed by atoms with Gasteiger partial charge in [0.15, 0.2) is 18.1 Å². The lowest BCUT2D eigenvalue weighted by atomic mass is 10.1. The van der Waals surface area contributed by atoms with Crippen LogP contribution in [0.2, 0.25) is 0 Å². The summed E-state index contributed by atoms with van der Waals surface area (Å²) in [6.07, 6.45) is 1.52. The fraction of sp³-hybridized carbons (Fsp3) is 0.280. The van der Waals surface area contributed by atoms with Crippen LogP contribution in [-0.4, -0.2) is 54.8 Å². The number of halogens is 1. The van der Waals surface area contributed by atoms with Crippen molar-refractivity contribution in [2.75, 3.05) is 32.2 Å². The maximum Gasteiger partial charge on any atom is 0.344 e. The summed E-state index contributed by atoms with van der Waals surface area (Å²) in [6.45, 7) is 5.05. The van der Waals surface area contributed by atoms with E-state index in [-0.39, 0.29) is 18.1 Å². The Morgan fingerprint density at radius 1 is 1.19 bits per heavy atom. The predicted octanol–water partition coefficient (Wildman–Crippen LogP) is 4.69. The highest BCUT2D eigenvalue weighted by molar-refractivity contribution is 9.10. The summed E-state index contributed by atoms with van der Waals surface area (Å²) in [4.78, 5) is 50.6. The Morgan fingerprint density at radius 2 is 1.94 bits per heavy atom. The monoisotopic (exact) mass is 576 g/mol. The molecule has 0 unspecified atom stereocenters. The Bertz CT molecular complexity index is 1250. The molecule has 2 aromatic rings. The zero-order chi connectivity index (χ0) is 26.4. The van der Waals surface area contributed by atoms with Crippen LogP contribution in [0.4, 0.5) is 10.5 Å². The van der Waals surface area contributed by atoms with Crippen molar-refractivity contribution >= 4 is 62.5 Å². The third kappa shape index (κ3) is 6.46. The highest BCUT2D eigenvalue weighted by atomic mass is 79.9. The number of benzene rings is 2. The molecule has 1 aliphatic rings. The number of nitrogens with zero attached hydrogens (tertiary/aromatic N) is 1. The number of anilines is 1. The molecule has 1 fully saturated rings. The predicted molar refractivity (Wildman–Crippen MR) is 140 cm³/mol. The highest BCUT2D eigenvalue weighted by Crippen LogP contribution is 2.39. The summed E-state index contributed by atoms with van der Waals surface area (Å²) in [5, 5.41) is 2.22. The van der Waals surface area contributed by atoms with Gasteiger partial charge in [0.25, 0.3) is 11.1 Å². The number of methoxy groups -OCH3 is 1. The van der Waals surface area contributed by atoms with Crippen LogP contribution in [0.25, 0.3) is 6.08 Å². The van der Waals surface area contributed by atoms with Gasteiger partial charge in [-0.1, -0.05) is 12.1 Å². The lowest BCUT2D eigenvalue weighted by Crippen LogP contribution is -2.36. The molecule has 190 valence electrons. The third-order valence-electron chi connectivity index (χ3n) is 5.24. The second kappa shape index (κ2) is 12.1. The van der Waals surface area contributed by atoms with Crippen molar-refractivity contribution in [2.24, 2.45) is 0 Å². The molecule has 3 amide bonds. The van der Waals surface area contributed by atoms with Gasteiger partial charge in [-0.25, -0.2) is 4.79 Å². The summed E-state index contributed by atoms with van der Waals surface area (Å²) in [6, 6.07) is 8.77.